The number of hydrogen-bond donors (Lipinski definition) is 3. The second kappa shape index (κ2) is 12.3. The quantitative estimate of drug-likeness (QED) is 0.228. The van der Waals surface area contributed by atoms with E-state index in [1.807, 2.05) is 49.6 Å². The minimum absolute atomic E-state index is 0.101. The second-order valence-electron chi connectivity index (χ2n) is 10.8. The molecule has 1 aliphatic rings. The van der Waals surface area contributed by atoms with Crippen molar-refractivity contribution in [3.05, 3.63) is 114 Å². The first-order valence-corrected chi connectivity index (χ1v) is 14.3. The molecular formula is C34H30N6O5. The zero-order valence-corrected chi connectivity index (χ0v) is 24.4. The topological polar surface area (TPSA) is 153 Å². The zero-order chi connectivity index (χ0) is 31.5. The van der Waals surface area contributed by atoms with Gasteiger partial charge in [0.2, 0.25) is 0 Å². The molecule has 6 rings (SSSR count). The minimum Gasteiger partial charge on any atom is -0.478 e. The van der Waals surface area contributed by atoms with Crippen LogP contribution in [0.2, 0.25) is 0 Å². The van der Waals surface area contributed by atoms with Gasteiger partial charge in [0.25, 0.3) is 11.8 Å². The largest absolute Gasteiger partial charge is 0.478 e. The highest BCUT2D eigenvalue weighted by Crippen LogP contribution is 2.27. The molecule has 3 heterocycles. The molecule has 226 valence electrons. The van der Waals surface area contributed by atoms with Crippen LogP contribution in [-0.2, 0) is 7.05 Å². The van der Waals surface area contributed by atoms with E-state index in [1.165, 1.54) is 12.1 Å². The van der Waals surface area contributed by atoms with Crippen LogP contribution < -0.4 is 15.8 Å². The van der Waals surface area contributed by atoms with E-state index in [-0.39, 0.29) is 34.8 Å². The van der Waals surface area contributed by atoms with Crippen molar-refractivity contribution in [2.75, 3.05) is 18.8 Å². The predicted octanol–water partition coefficient (Wildman–Crippen LogP) is 4.87. The smallest absolute Gasteiger partial charge is 0.335 e. The number of nitrogen functional groups attached to an aromatic ring is 1. The molecular weight excluding hydrogens is 572 g/mol. The van der Waals surface area contributed by atoms with Crippen LogP contribution in [0.1, 0.15) is 37.5 Å². The third-order valence-electron chi connectivity index (χ3n) is 7.67. The number of rotatable bonds is 8. The minimum atomic E-state index is -0.990. The number of ether oxygens (including phenoxy) is 1. The third kappa shape index (κ3) is 6.52. The van der Waals surface area contributed by atoms with Crippen LogP contribution in [0.3, 0.4) is 0 Å². The summed E-state index contributed by atoms with van der Waals surface area (Å²) in [7, 11) is 1.81. The van der Waals surface area contributed by atoms with Gasteiger partial charge in [0.15, 0.2) is 0 Å². The number of aromatic nitrogens is 3. The van der Waals surface area contributed by atoms with Crippen molar-refractivity contribution in [3.63, 3.8) is 0 Å². The molecule has 1 atom stereocenters. The van der Waals surface area contributed by atoms with E-state index in [2.05, 4.69) is 15.4 Å². The Morgan fingerprint density at radius 1 is 0.867 bits per heavy atom. The molecule has 0 spiro atoms. The van der Waals surface area contributed by atoms with Crippen molar-refractivity contribution in [2.24, 2.45) is 7.05 Å². The molecule has 3 aromatic carbocycles. The Hall–Kier alpha value is -5.97. The number of nitrogens with one attached hydrogen (secondary N) is 1. The average molecular weight is 603 g/mol. The Kier molecular flexibility index (Phi) is 7.98. The number of carbonyl (C=O) groups excluding carboxylic acids is 2. The molecule has 5 aromatic rings. The number of carboxylic acids is 1. The van der Waals surface area contributed by atoms with E-state index < -0.39 is 5.97 Å². The number of nitrogens with two attached hydrogens (primary N) is 1. The van der Waals surface area contributed by atoms with E-state index in [0.717, 1.165) is 22.3 Å². The molecule has 0 unspecified atom stereocenters. The van der Waals surface area contributed by atoms with Crippen LogP contribution in [0.25, 0.3) is 22.3 Å². The van der Waals surface area contributed by atoms with Crippen LogP contribution in [-0.4, -0.2) is 61.7 Å². The van der Waals surface area contributed by atoms with Gasteiger partial charge in [-0.3, -0.25) is 14.3 Å². The molecule has 0 radical (unpaired) electrons. The van der Waals surface area contributed by atoms with Gasteiger partial charge >= 0.3 is 5.97 Å². The van der Waals surface area contributed by atoms with Gasteiger partial charge in [-0.05, 0) is 72.1 Å². The van der Waals surface area contributed by atoms with Crippen molar-refractivity contribution in [3.8, 4) is 33.8 Å². The average Bonchev–Trinajstić information content (AvgIpc) is 3.71. The van der Waals surface area contributed by atoms with Gasteiger partial charge in [-0.1, -0.05) is 24.3 Å². The van der Waals surface area contributed by atoms with Gasteiger partial charge in [0.1, 0.15) is 17.3 Å². The maximum absolute atomic E-state index is 13.3. The number of anilines is 1. The van der Waals surface area contributed by atoms with Gasteiger partial charge in [-0.15, -0.1) is 0 Å². The maximum atomic E-state index is 13.3. The summed E-state index contributed by atoms with van der Waals surface area (Å²) >= 11 is 0. The summed E-state index contributed by atoms with van der Waals surface area (Å²) in [5.41, 5.74) is 10.5. The van der Waals surface area contributed by atoms with E-state index >= 15 is 0 Å². The number of hydrogen-bond acceptors (Lipinski definition) is 7. The number of likely N-dealkylation sites (tertiary alicyclic amines) is 1. The number of amides is 2. The summed E-state index contributed by atoms with van der Waals surface area (Å²) in [5, 5.41) is 16.2. The molecule has 11 nitrogen and oxygen atoms in total. The normalized spacial score (nSPS) is 14.2. The van der Waals surface area contributed by atoms with Crippen molar-refractivity contribution in [2.45, 2.75) is 12.5 Å². The Morgan fingerprint density at radius 3 is 2.11 bits per heavy atom. The molecule has 0 saturated carbocycles. The number of nitrogens with zero attached hydrogens (tertiary/aromatic N) is 4. The molecule has 1 fully saturated rings. The summed E-state index contributed by atoms with van der Waals surface area (Å²) < 4.78 is 7.49. The molecule has 0 aliphatic carbocycles. The molecule has 11 heteroatoms. The van der Waals surface area contributed by atoms with Crippen LogP contribution >= 0.6 is 0 Å². The first-order valence-electron chi connectivity index (χ1n) is 14.3. The molecule has 2 amide bonds. The van der Waals surface area contributed by atoms with Crippen molar-refractivity contribution in [1.29, 1.82) is 0 Å². The monoisotopic (exact) mass is 602 g/mol. The van der Waals surface area contributed by atoms with Gasteiger partial charge in [0, 0.05) is 55.3 Å². The highest BCUT2D eigenvalue weighted by Gasteiger charge is 2.29. The Morgan fingerprint density at radius 2 is 1.49 bits per heavy atom. The van der Waals surface area contributed by atoms with Crippen molar-refractivity contribution in [1.82, 2.24) is 25.0 Å². The number of pyridine rings is 1. The summed E-state index contributed by atoms with van der Waals surface area (Å²) in [6, 6.07) is 22.6. The van der Waals surface area contributed by atoms with Crippen molar-refractivity contribution >= 4 is 23.6 Å². The van der Waals surface area contributed by atoms with E-state index in [4.69, 9.17) is 15.6 Å². The molecule has 4 N–H and O–H groups in total. The zero-order valence-electron chi connectivity index (χ0n) is 24.4. The molecule has 1 aliphatic heterocycles. The summed E-state index contributed by atoms with van der Waals surface area (Å²) in [6.45, 7) is 0.915. The van der Waals surface area contributed by atoms with Crippen LogP contribution in [0.15, 0.2) is 97.5 Å². The molecule has 0 bridgehead atoms. The lowest BCUT2D eigenvalue weighted by atomic mass is 10.0. The summed E-state index contributed by atoms with van der Waals surface area (Å²) in [4.78, 5) is 43.3. The Labute approximate surface area is 258 Å². The fraction of sp³-hybridized carbons (Fsp3) is 0.147. The lowest BCUT2D eigenvalue weighted by Gasteiger charge is -2.18. The fourth-order valence-corrected chi connectivity index (χ4v) is 5.22. The molecule has 45 heavy (non-hydrogen) atoms. The van der Waals surface area contributed by atoms with E-state index in [1.54, 1.807) is 52.3 Å². The summed E-state index contributed by atoms with van der Waals surface area (Å²) in [6.07, 6.45) is 5.77. The van der Waals surface area contributed by atoms with Gasteiger partial charge in [-0.2, -0.15) is 5.10 Å². The highest BCUT2D eigenvalue weighted by molar-refractivity contribution is 6.00. The number of aromatic carboxylic acids is 1. The van der Waals surface area contributed by atoms with Crippen molar-refractivity contribution < 1.29 is 24.2 Å². The number of benzene rings is 3. The van der Waals surface area contributed by atoms with Crippen LogP contribution in [0, 0.1) is 0 Å². The second-order valence-corrected chi connectivity index (χ2v) is 10.8. The summed E-state index contributed by atoms with van der Waals surface area (Å²) in [5.74, 6) is -0.130. The highest BCUT2D eigenvalue weighted by atomic mass is 16.5. The number of carbonyl (C=O) groups is 3. The van der Waals surface area contributed by atoms with Crippen LogP contribution in [0.5, 0.6) is 11.5 Å². The van der Waals surface area contributed by atoms with Gasteiger partial charge in [0.05, 0.1) is 17.3 Å². The standard InChI is InChI=1S/C34H30N6O5/c1-39-19-26(18-37-39)25-16-30(31(35)36-17-25)32(41)38-27-14-15-40(20-27)33(42)23-4-2-21(3-5-23)22-6-10-28(11-7-22)45-29-12-8-24(9-13-29)34(43)44/h2-13,16-19,27H,14-15,20H2,1H3,(H2,35,36)(H,38,41)(H,43,44)/t27-/m1/s1. The fourth-order valence-electron chi connectivity index (χ4n) is 5.22. The Balaban J connectivity index is 1.04. The van der Waals surface area contributed by atoms with E-state index in [0.29, 0.717) is 36.6 Å². The first kappa shape index (κ1) is 29.1. The lowest BCUT2D eigenvalue weighted by Crippen LogP contribution is -2.38. The van der Waals surface area contributed by atoms with Gasteiger partial charge < -0.3 is 25.8 Å². The maximum Gasteiger partial charge on any atom is 0.335 e. The Bertz CT molecular complexity index is 1870. The SMILES string of the molecule is Cn1cc(-c2cnc(N)c(C(=O)N[C@@H]3CCN(C(=O)c4ccc(-c5ccc(Oc6ccc(C(=O)O)cc6)cc5)cc4)C3)c2)cn1. The van der Waals surface area contributed by atoms with E-state index in [9.17, 15) is 14.4 Å². The van der Waals surface area contributed by atoms with Crippen LogP contribution in [0.4, 0.5) is 5.82 Å². The predicted molar refractivity (Wildman–Crippen MR) is 168 cm³/mol. The first-order chi connectivity index (χ1) is 21.7. The molecule has 1 saturated heterocycles. The number of carboxylic acid groups (broad SMARTS) is 1. The third-order valence-corrected chi connectivity index (χ3v) is 7.67. The number of aryl methyl sites for hydroxylation is 1. The molecule has 2 aromatic heterocycles. The lowest BCUT2D eigenvalue weighted by molar-refractivity contribution is 0.0696. The van der Waals surface area contributed by atoms with Gasteiger partial charge in [-0.25, -0.2) is 9.78 Å².